The van der Waals surface area contributed by atoms with Gasteiger partial charge in [-0.05, 0) is 40.8 Å². The van der Waals surface area contributed by atoms with Crippen LogP contribution in [0.3, 0.4) is 0 Å². The van der Waals surface area contributed by atoms with Crippen molar-refractivity contribution in [1.82, 2.24) is 4.98 Å². The Balaban J connectivity index is 2.08. The summed E-state index contributed by atoms with van der Waals surface area (Å²) in [7, 11) is 0. The zero-order valence-electron chi connectivity index (χ0n) is 10.0. The maximum Gasteiger partial charge on any atom is 0.166 e. The van der Waals surface area contributed by atoms with Gasteiger partial charge in [0.2, 0.25) is 0 Å². The molecule has 1 aromatic rings. The minimum Gasteiger partial charge on any atom is -0.365 e. The van der Waals surface area contributed by atoms with Gasteiger partial charge in [-0.3, -0.25) is 0 Å². The number of nitrogens with zero attached hydrogens (tertiary/aromatic N) is 1. The third-order valence-corrected chi connectivity index (χ3v) is 4.00. The molecule has 1 aliphatic carbocycles. The summed E-state index contributed by atoms with van der Waals surface area (Å²) in [6.45, 7) is 2.20. The minimum atomic E-state index is -0.278. The highest BCUT2D eigenvalue weighted by molar-refractivity contribution is 9.10. The van der Waals surface area contributed by atoms with Crippen LogP contribution in [0.25, 0.3) is 0 Å². The molecule has 1 heterocycles. The van der Waals surface area contributed by atoms with E-state index in [-0.39, 0.29) is 5.82 Å². The molecule has 0 radical (unpaired) electrons. The summed E-state index contributed by atoms with van der Waals surface area (Å²) < 4.78 is 14.4. The normalized spacial score (nSPS) is 24.6. The molecule has 0 aliphatic heterocycles. The van der Waals surface area contributed by atoms with E-state index in [0.29, 0.717) is 22.3 Å². The van der Waals surface area contributed by atoms with Crippen LogP contribution in [0.2, 0.25) is 0 Å². The van der Waals surface area contributed by atoms with E-state index in [1.807, 2.05) is 0 Å². The third-order valence-electron chi connectivity index (χ3n) is 3.56. The average molecular weight is 301 g/mol. The van der Waals surface area contributed by atoms with Crippen molar-refractivity contribution in [3.8, 4) is 0 Å². The van der Waals surface area contributed by atoms with Gasteiger partial charge in [0.15, 0.2) is 11.6 Å². The first-order chi connectivity index (χ1) is 8.20. The van der Waals surface area contributed by atoms with E-state index in [4.69, 9.17) is 0 Å². The van der Waals surface area contributed by atoms with Crippen LogP contribution in [0.1, 0.15) is 39.0 Å². The van der Waals surface area contributed by atoms with Crippen LogP contribution in [-0.2, 0) is 0 Å². The number of hydrogen-bond donors (Lipinski definition) is 1. The summed E-state index contributed by atoms with van der Waals surface area (Å²) in [6.07, 6.45) is 7.67. The largest absolute Gasteiger partial charge is 0.365 e. The summed E-state index contributed by atoms with van der Waals surface area (Å²) in [5.41, 5.74) is 0. The molecular weight excluding hydrogens is 283 g/mol. The van der Waals surface area contributed by atoms with Crippen LogP contribution >= 0.6 is 15.9 Å². The molecule has 1 fully saturated rings. The molecule has 0 bridgehead atoms. The Morgan fingerprint density at radius 1 is 1.47 bits per heavy atom. The maximum absolute atomic E-state index is 13.7. The average Bonchev–Trinajstić information content (AvgIpc) is 2.33. The predicted molar refractivity (Wildman–Crippen MR) is 71.6 cm³/mol. The molecule has 0 saturated heterocycles. The number of rotatable bonds is 3. The van der Waals surface area contributed by atoms with Gasteiger partial charge in [-0.2, -0.15) is 0 Å². The monoisotopic (exact) mass is 300 g/mol. The summed E-state index contributed by atoms with van der Waals surface area (Å²) in [5, 5.41) is 3.27. The number of nitrogens with one attached hydrogen (secondary N) is 1. The molecule has 0 aromatic carbocycles. The molecule has 0 amide bonds. The molecule has 1 saturated carbocycles. The van der Waals surface area contributed by atoms with Gasteiger partial charge in [-0.1, -0.05) is 26.2 Å². The lowest BCUT2D eigenvalue weighted by atomic mass is 9.83. The van der Waals surface area contributed by atoms with E-state index in [2.05, 4.69) is 33.2 Å². The van der Waals surface area contributed by atoms with Gasteiger partial charge in [0.05, 0.1) is 0 Å². The fraction of sp³-hybridized carbons (Fsp3) is 0.615. The zero-order chi connectivity index (χ0) is 12.3. The molecule has 2 rings (SSSR count). The van der Waals surface area contributed by atoms with E-state index in [1.54, 1.807) is 6.20 Å². The van der Waals surface area contributed by atoms with Crippen molar-refractivity contribution in [1.29, 1.82) is 0 Å². The molecule has 2 nitrogen and oxygen atoms in total. The lowest BCUT2D eigenvalue weighted by Gasteiger charge is -2.31. The highest BCUT2D eigenvalue weighted by Crippen LogP contribution is 2.29. The lowest BCUT2D eigenvalue weighted by Crippen LogP contribution is -2.32. The first kappa shape index (κ1) is 12.8. The second kappa shape index (κ2) is 5.80. The van der Waals surface area contributed by atoms with Gasteiger partial charge in [0, 0.05) is 16.7 Å². The number of pyridine rings is 1. The maximum atomic E-state index is 13.7. The topological polar surface area (TPSA) is 24.9 Å². The van der Waals surface area contributed by atoms with E-state index >= 15 is 0 Å². The minimum absolute atomic E-state index is 0.278. The molecule has 0 spiro atoms. The molecule has 2 atom stereocenters. The van der Waals surface area contributed by atoms with Gasteiger partial charge in [-0.25, -0.2) is 9.37 Å². The Kier molecular flexibility index (Phi) is 4.37. The first-order valence-corrected chi connectivity index (χ1v) is 7.07. The van der Waals surface area contributed by atoms with Gasteiger partial charge in [0.25, 0.3) is 0 Å². The van der Waals surface area contributed by atoms with Crippen LogP contribution in [0, 0.1) is 11.7 Å². The molecule has 2 unspecified atom stereocenters. The highest BCUT2D eigenvalue weighted by Gasteiger charge is 2.24. The van der Waals surface area contributed by atoms with Crippen LogP contribution < -0.4 is 5.32 Å². The summed E-state index contributed by atoms with van der Waals surface area (Å²) >= 11 is 3.22. The van der Waals surface area contributed by atoms with Crippen LogP contribution in [-0.4, -0.2) is 11.0 Å². The Bertz CT molecular complexity index is 384. The van der Waals surface area contributed by atoms with Crippen molar-refractivity contribution in [2.75, 3.05) is 5.32 Å². The molecule has 1 N–H and O–H groups in total. The Hall–Kier alpha value is -0.640. The Labute approximate surface area is 110 Å². The van der Waals surface area contributed by atoms with Crippen molar-refractivity contribution in [2.24, 2.45) is 5.92 Å². The van der Waals surface area contributed by atoms with Gasteiger partial charge in [-0.15, -0.1) is 0 Å². The highest BCUT2D eigenvalue weighted by atomic mass is 79.9. The van der Waals surface area contributed by atoms with Gasteiger partial charge in [0.1, 0.15) is 0 Å². The van der Waals surface area contributed by atoms with Crippen LogP contribution in [0.5, 0.6) is 0 Å². The van der Waals surface area contributed by atoms with E-state index < -0.39 is 0 Å². The fourth-order valence-electron chi connectivity index (χ4n) is 2.58. The van der Waals surface area contributed by atoms with Crippen LogP contribution in [0.15, 0.2) is 16.7 Å². The van der Waals surface area contributed by atoms with E-state index in [9.17, 15) is 4.39 Å². The fourth-order valence-corrected chi connectivity index (χ4v) is 2.89. The molecule has 1 aliphatic rings. The number of hydrogen-bond acceptors (Lipinski definition) is 2. The summed E-state index contributed by atoms with van der Waals surface area (Å²) in [6, 6.07) is 1.83. The van der Waals surface area contributed by atoms with Crippen molar-refractivity contribution in [3.05, 3.63) is 22.6 Å². The first-order valence-electron chi connectivity index (χ1n) is 6.28. The Morgan fingerprint density at radius 2 is 2.24 bits per heavy atom. The van der Waals surface area contributed by atoms with E-state index in [0.717, 1.165) is 12.8 Å². The number of anilines is 1. The molecule has 1 aromatic heterocycles. The second-order valence-electron chi connectivity index (χ2n) is 4.69. The quantitative estimate of drug-likeness (QED) is 0.897. The van der Waals surface area contributed by atoms with Gasteiger partial charge >= 0.3 is 0 Å². The predicted octanol–water partition coefficient (Wildman–Crippen LogP) is 4.36. The molecular formula is C13H18BrFN2. The standard InChI is InChI=1S/C13H18BrFN2/c1-2-9-5-3-4-6-12(9)17-13-11(15)7-10(14)8-16-13/h7-9,12H,2-6H2,1H3,(H,16,17). The third kappa shape index (κ3) is 3.18. The zero-order valence-corrected chi connectivity index (χ0v) is 11.6. The SMILES string of the molecule is CCC1CCCCC1Nc1ncc(Br)cc1F. The number of halogens is 2. The second-order valence-corrected chi connectivity index (χ2v) is 5.60. The Morgan fingerprint density at radius 3 is 2.94 bits per heavy atom. The van der Waals surface area contributed by atoms with Crippen molar-refractivity contribution >= 4 is 21.7 Å². The molecule has 4 heteroatoms. The molecule has 17 heavy (non-hydrogen) atoms. The smallest absolute Gasteiger partial charge is 0.166 e. The lowest BCUT2D eigenvalue weighted by molar-refractivity contribution is 0.316. The van der Waals surface area contributed by atoms with Crippen LogP contribution in [0.4, 0.5) is 10.2 Å². The number of aromatic nitrogens is 1. The van der Waals surface area contributed by atoms with Crippen molar-refractivity contribution in [3.63, 3.8) is 0 Å². The van der Waals surface area contributed by atoms with Gasteiger partial charge < -0.3 is 5.32 Å². The van der Waals surface area contributed by atoms with Crippen molar-refractivity contribution < 1.29 is 4.39 Å². The summed E-state index contributed by atoms with van der Waals surface area (Å²) in [4.78, 5) is 4.11. The van der Waals surface area contributed by atoms with E-state index in [1.165, 1.54) is 25.3 Å². The molecule has 94 valence electrons. The summed E-state index contributed by atoms with van der Waals surface area (Å²) in [5.74, 6) is 0.756. The van der Waals surface area contributed by atoms with Crippen molar-refractivity contribution in [2.45, 2.75) is 45.1 Å².